The van der Waals surface area contributed by atoms with Crippen LogP contribution in [0.3, 0.4) is 0 Å². The summed E-state index contributed by atoms with van der Waals surface area (Å²) in [4.78, 5) is 0. The first-order chi connectivity index (χ1) is 13.5. The Hall–Kier alpha value is -3.36. The molecule has 3 nitrogen and oxygen atoms in total. The summed E-state index contributed by atoms with van der Waals surface area (Å²) in [5, 5.41) is 28.1. The van der Waals surface area contributed by atoms with Gasteiger partial charge in [0.05, 0.1) is 0 Å². The number of hydrogen-bond acceptors (Lipinski definition) is 3. The molecule has 0 aliphatic heterocycles. The number of phenolic OH excluding ortho intramolecular Hbond substituents is 3. The minimum absolute atomic E-state index is 0.401. The molecule has 0 aliphatic rings. The van der Waals surface area contributed by atoms with Crippen molar-refractivity contribution in [3.8, 4) is 17.2 Å². The molecule has 3 rings (SSSR count). The van der Waals surface area contributed by atoms with Crippen LogP contribution in [-0.4, -0.2) is 21.5 Å². The van der Waals surface area contributed by atoms with E-state index in [9.17, 15) is 41.7 Å². The van der Waals surface area contributed by atoms with Crippen molar-refractivity contribution in [2.45, 2.75) is 11.6 Å². The number of hydrogen-bond donors (Lipinski definition) is 3. The predicted molar refractivity (Wildman–Crippen MR) is 90.1 cm³/mol. The van der Waals surface area contributed by atoms with Gasteiger partial charge in [0, 0.05) is 0 Å². The molecular formula is C20H12F6O3. The third-order valence-corrected chi connectivity index (χ3v) is 4.57. The van der Waals surface area contributed by atoms with E-state index in [0.717, 1.165) is 18.2 Å². The van der Waals surface area contributed by atoms with Gasteiger partial charge in [-0.2, -0.15) is 13.2 Å². The average molecular weight is 414 g/mol. The van der Waals surface area contributed by atoms with E-state index in [4.69, 9.17) is 0 Å². The lowest BCUT2D eigenvalue weighted by Gasteiger charge is -2.37. The van der Waals surface area contributed by atoms with Crippen molar-refractivity contribution in [3.63, 3.8) is 0 Å². The van der Waals surface area contributed by atoms with Crippen molar-refractivity contribution in [2.75, 3.05) is 0 Å². The molecule has 0 spiro atoms. The average Bonchev–Trinajstić information content (AvgIpc) is 2.63. The molecule has 0 aromatic heterocycles. The van der Waals surface area contributed by atoms with Crippen LogP contribution in [0.2, 0.25) is 0 Å². The fourth-order valence-corrected chi connectivity index (χ4v) is 3.21. The van der Waals surface area contributed by atoms with E-state index in [-0.39, 0.29) is 0 Å². The molecule has 0 amide bonds. The van der Waals surface area contributed by atoms with Crippen molar-refractivity contribution < 1.29 is 41.7 Å². The third kappa shape index (κ3) is 3.22. The Labute approximate surface area is 160 Å². The molecule has 0 atom stereocenters. The third-order valence-electron chi connectivity index (χ3n) is 4.57. The first-order valence-electron chi connectivity index (χ1n) is 8.02. The van der Waals surface area contributed by atoms with Gasteiger partial charge >= 0.3 is 6.18 Å². The second-order valence-corrected chi connectivity index (χ2v) is 6.25. The first-order valence-corrected chi connectivity index (χ1v) is 8.02. The van der Waals surface area contributed by atoms with E-state index >= 15 is 0 Å². The Morgan fingerprint density at radius 2 is 0.793 bits per heavy atom. The molecule has 0 saturated heterocycles. The Kier molecular flexibility index (Phi) is 4.86. The minimum Gasteiger partial charge on any atom is -0.505 e. The summed E-state index contributed by atoms with van der Waals surface area (Å²) in [7, 11) is 0. The molecule has 0 radical (unpaired) electrons. The number of aromatic hydroxyl groups is 3. The Balaban J connectivity index is 2.49. The molecule has 3 aromatic rings. The summed E-state index contributed by atoms with van der Waals surface area (Å²) >= 11 is 0. The summed E-state index contributed by atoms with van der Waals surface area (Å²) in [6.45, 7) is 0. The number of alkyl halides is 3. The SMILES string of the molecule is Oc1ccc(C(c2ccc(O)c(F)c2)(c2ccc(O)c(F)c2)C(F)(F)F)cc1F. The van der Waals surface area contributed by atoms with Crippen molar-refractivity contribution in [3.05, 3.63) is 88.7 Å². The van der Waals surface area contributed by atoms with Gasteiger partial charge in [-0.15, -0.1) is 0 Å². The maximum atomic E-state index is 14.6. The largest absolute Gasteiger partial charge is 0.505 e. The monoisotopic (exact) mass is 414 g/mol. The fraction of sp³-hybridized carbons (Fsp3) is 0.100. The molecule has 3 aromatic carbocycles. The molecule has 29 heavy (non-hydrogen) atoms. The fourth-order valence-electron chi connectivity index (χ4n) is 3.21. The number of phenols is 3. The highest BCUT2D eigenvalue weighted by Gasteiger charge is 2.59. The van der Waals surface area contributed by atoms with Crippen LogP contribution in [-0.2, 0) is 5.41 Å². The van der Waals surface area contributed by atoms with Crippen LogP contribution in [0, 0.1) is 17.5 Å². The van der Waals surface area contributed by atoms with Gasteiger partial charge in [-0.1, -0.05) is 18.2 Å². The van der Waals surface area contributed by atoms with Crippen LogP contribution in [0.25, 0.3) is 0 Å². The van der Waals surface area contributed by atoms with Gasteiger partial charge in [-0.3, -0.25) is 0 Å². The predicted octanol–water partition coefficient (Wildman–Crippen LogP) is 5.12. The van der Waals surface area contributed by atoms with Gasteiger partial charge in [0.1, 0.15) is 5.41 Å². The zero-order valence-electron chi connectivity index (χ0n) is 14.3. The summed E-state index contributed by atoms with van der Waals surface area (Å²) < 4.78 is 85.6. The Bertz CT molecular complexity index is 953. The molecule has 9 heteroatoms. The quantitative estimate of drug-likeness (QED) is 0.412. The van der Waals surface area contributed by atoms with E-state index in [1.807, 2.05) is 0 Å². The van der Waals surface area contributed by atoms with Gasteiger partial charge in [0.25, 0.3) is 0 Å². The lowest BCUT2D eigenvalue weighted by molar-refractivity contribution is -0.166. The smallest absolute Gasteiger partial charge is 0.406 e. The highest BCUT2D eigenvalue weighted by Crippen LogP contribution is 2.52. The van der Waals surface area contributed by atoms with Crippen molar-refractivity contribution in [1.82, 2.24) is 0 Å². The molecule has 0 aliphatic carbocycles. The van der Waals surface area contributed by atoms with E-state index in [0.29, 0.717) is 36.4 Å². The van der Waals surface area contributed by atoms with Crippen LogP contribution in [0.15, 0.2) is 54.6 Å². The lowest BCUT2D eigenvalue weighted by Crippen LogP contribution is -2.44. The highest BCUT2D eigenvalue weighted by atomic mass is 19.4. The van der Waals surface area contributed by atoms with Gasteiger partial charge in [-0.25, -0.2) is 13.2 Å². The normalized spacial score (nSPS) is 12.2. The molecule has 0 heterocycles. The molecule has 0 bridgehead atoms. The number of benzene rings is 3. The molecule has 0 unspecified atom stereocenters. The lowest BCUT2D eigenvalue weighted by atomic mass is 9.68. The van der Waals surface area contributed by atoms with Gasteiger partial charge in [0.15, 0.2) is 34.7 Å². The zero-order chi connectivity index (χ0) is 21.6. The second kappa shape index (κ2) is 6.91. The second-order valence-electron chi connectivity index (χ2n) is 6.25. The van der Waals surface area contributed by atoms with Crippen LogP contribution in [0.5, 0.6) is 17.2 Å². The topological polar surface area (TPSA) is 60.7 Å². The van der Waals surface area contributed by atoms with Crippen molar-refractivity contribution in [1.29, 1.82) is 0 Å². The standard InChI is InChI=1S/C20H12F6O3/c21-13-7-10(1-4-16(13)27)19(20(24,25)26,11-2-5-17(28)14(22)8-11)12-3-6-18(29)15(23)9-12/h1-9,27-29H. The molecule has 0 fully saturated rings. The van der Waals surface area contributed by atoms with Crippen LogP contribution in [0.4, 0.5) is 26.3 Å². The van der Waals surface area contributed by atoms with E-state index in [1.165, 1.54) is 0 Å². The van der Waals surface area contributed by atoms with Crippen LogP contribution < -0.4 is 0 Å². The van der Waals surface area contributed by atoms with E-state index < -0.39 is 63.0 Å². The summed E-state index contributed by atoms with van der Waals surface area (Å²) in [5.74, 6) is -6.89. The van der Waals surface area contributed by atoms with Gasteiger partial charge in [-0.05, 0) is 53.1 Å². The van der Waals surface area contributed by atoms with Crippen LogP contribution >= 0.6 is 0 Å². The number of rotatable bonds is 3. The number of halogens is 6. The van der Waals surface area contributed by atoms with Gasteiger partial charge < -0.3 is 15.3 Å². The van der Waals surface area contributed by atoms with Crippen LogP contribution in [0.1, 0.15) is 16.7 Å². The maximum Gasteiger partial charge on any atom is 0.406 e. The Morgan fingerprint density at radius 3 is 1.00 bits per heavy atom. The molecule has 3 N–H and O–H groups in total. The summed E-state index contributed by atoms with van der Waals surface area (Å²) in [6.07, 6.45) is -5.26. The van der Waals surface area contributed by atoms with Crippen molar-refractivity contribution >= 4 is 0 Å². The maximum absolute atomic E-state index is 14.6. The first kappa shape index (κ1) is 20.4. The summed E-state index contributed by atoms with van der Waals surface area (Å²) in [5.41, 5.74) is -5.63. The highest BCUT2D eigenvalue weighted by molar-refractivity contribution is 5.55. The van der Waals surface area contributed by atoms with E-state index in [1.54, 1.807) is 0 Å². The van der Waals surface area contributed by atoms with Gasteiger partial charge in [0.2, 0.25) is 0 Å². The minimum atomic E-state index is -5.26. The molecule has 152 valence electrons. The Morgan fingerprint density at radius 1 is 0.517 bits per heavy atom. The molecular weight excluding hydrogens is 402 g/mol. The summed E-state index contributed by atoms with van der Waals surface area (Å²) in [6, 6.07) is 5.54. The molecule has 0 saturated carbocycles. The van der Waals surface area contributed by atoms with Crippen molar-refractivity contribution in [2.24, 2.45) is 0 Å². The van der Waals surface area contributed by atoms with E-state index in [2.05, 4.69) is 0 Å². The zero-order valence-corrected chi connectivity index (χ0v) is 14.3.